The van der Waals surface area contributed by atoms with Crippen LogP contribution in [0.4, 0.5) is 0 Å². The molecular weight excluding hydrogens is 258 g/mol. The molecule has 0 saturated carbocycles. The quantitative estimate of drug-likeness (QED) is 0.562. The summed E-state index contributed by atoms with van der Waals surface area (Å²) in [5.41, 5.74) is 2.01. The van der Waals surface area contributed by atoms with E-state index in [1.54, 1.807) is 0 Å². The molecule has 0 radical (unpaired) electrons. The predicted octanol–water partition coefficient (Wildman–Crippen LogP) is 0.390. The third kappa shape index (κ3) is 4.26. The number of nitrogens with zero attached hydrogens (tertiary/aromatic N) is 1. The summed E-state index contributed by atoms with van der Waals surface area (Å²) >= 11 is 0. The van der Waals surface area contributed by atoms with Crippen LogP contribution in [0.3, 0.4) is 0 Å². The van der Waals surface area contributed by atoms with E-state index in [0.717, 1.165) is 18.6 Å². The van der Waals surface area contributed by atoms with Crippen LogP contribution in [0.25, 0.3) is 0 Å². The van der Waals surface area contributed by atoms with Gasteiger partial charge in [0.1, 0.15) is 0 Å². The number of hydrazone groups is 1. The van der Waals surface area contributed by atoms with Crippen LogP contribution in [-0.4, -0.2) is 46.1 Å². The molecule has 0 aromatic carbocycles. The van der Waals surface area contributed by atoms with E-state index < -0.39 is 24.5 Å². The average molecular weight is 285 g/mol. The van der Waals surface area contributed by atoms with Gasteiger partial charge in [-0.15, -0.1) is 0 Å². The molecule has 1 heterocycles. The number of carbonyl (C=O) groups excluding carboxylic acids is 1. The zero-order valence-electron chi connectivity index (χ0n) is 13.1. The van der Waals surface area contributed by atoms with Crippen LogP contribution in [0.15, 0.2) is 5.10 Å². The van der Waals surface area contributed by atoms with Gasteiger partial charge in [-0.1, -0.05) is 0 Å². The largest absolute Gasteiger partial charge is 0.395 e. The van der Waals surface area contributed by atoms with Crippen molar-refractivity contribution in [1.82, 2.24) is 10.7 Å². The smallest absolute Gasteiger partial charge is 0.250 e. The van der Waals surface area contributed by atoms with Crippen molar-refractivity contribution in [3.8, 4) is 0 Å². The Morgan fingerprint density at radius 3 is 2.10 bits per heavy atom. The molecule has 0 aromatic heterocycles. The maximum atomic E-state index is 11.9. The van der Waals surface area contributed by atoms with Gasteiger partial charge in [0.15, 0.2) is 0 Å². The van der Waals surface area contributed by atoms with Crippen molar-refractivity contribution in [2.45, 2.75) is 58.5 Å². The standard InChI is InChI=1S/C14H27N3O3/c1-12(2)6-10(7-13(3,4)17-12)15-16-11(20)14(5,8-18)9-19/h17-19H,6-9H2,1-5H3,(H,16,20). The zero-order valence-corrected chi connectivity index (χ0v) is 13.1. The third-order valence-corrected chi connectivity index (χ3v) is 3.53. The lowest BCUT2D eigenvalue weighted by molar-refractivity contribution is -0.134. The van der Waals surface area contributed by atoms with Crippen LogP contribution in [0.5, 0.6) is 0 Å². The first kappa shape index (κ1) is 17.1. The Balaban J connectivity index is 2.78. The van der Waals surface area contributed by atoms with Gasteiger partial charge >= 0.3 is 0 Å². The molecule has 1 saturated heterocycles. The zero-order chi connectivity index (χ0) is 15.6. The molecule has 0 bridgehead atoms. The summed E-state index contributed by atoms with van der Waals surface area (Å²) in [5, 5.41) is 26.1. The first-order valence-corrected chi connectivity index (χ1v) is 6.91. The molecule has 0 atom stereocenters. The second-order valence-electron chi connectivity index (χ2n) is 7.24. The summed E-state index contributed by atoms with van der Waals surface area (Å²) in [7, 11) is 0. The minimum Gasteiger partial charge on any atom is -0.395 e. The van der Waals surface area contributed by atoms with E-state index in [1.165, 1.54) is 6.92 Å². The van der Waals surface area contributed by atoms with E-state index >= 15 is 0 Å². The normalized spacial score (nSPS) is 21.4. The Bertz CT molecular complexity index is 380. The lowest BCUT2D eigenvalue weighted by Gasteiger charge is -2.43. The summed E-state index contributed by atoms with van der Waals surface area (Å²) in [6.07, 6.45) is 1.48. The summed E-state index contributed by atoms with van der Waals surface area (Å²) in [6.45, 7) is 9.04. The van der Waals surface area contributed by atoms with Gasteiger partial charge in [-0.25, -0.2) is 5.43 Å². The highest BCUT2D eigenvalue weighted by Crippen LogP contribution is 2.26. The predicted molar refractivity (Wildman–Crippen MR) is 78.4 cm³/mol. The molecule has 1 rings (SSSR count). The number of carbonyl (C=O) groups is 1. The minimum atomic E-state index is -1.21. The number of rotatable bonds is 4. The summed E-state index contributed by atoms with van der Waals surface area (Å²) in [6, 6.07) is 0. The molecule has 1 aliphatic heterocycles. The fraction of sp³-hybridized carbons (Fsp3) is 0.857. The molecule has 1 aliphatic rings. The highest BCUT2D eigenvalue weighted by atomic mass is 16.3. The third-order valence-electron chi connectivity index (χ3n) is 3.53. The van der Waals surface area contributed by atoms with Crippen molar-refractivity contribution in [1.29, 1.82) is 0 Å². The van der Waals surface area contributed by atoms with Crippen LogP contribution in [-0.2, 0) is 4.79 Å². The van der Waals surface area contributed by atoms with Crippen LogP contribution in [0, 0.1) is 5.41 Å². The molecule has 0 aromatic rings. The van der Waals surface area contributed by atoms with E-state index in [9.17, 15) is 15.0 Å². The van der Waals surface area contributed by atoms with Gasteiger partial charge in [0.25, 0.3) is 5.91 Å². The fourth-order valence-electron chi connectivity index (χ4n) is 2.62. The van der Waals surface area contributed by atoms with Gasteiger partial charge in [-0.05, 0) is 34.6 Å². The van der Waals surface area contributed by atoms with Crippen molar-refractivity contribution < 1.29 is 15.0 Å². The molecule has 0 spiro atoms. The molecule has 6 nitrogen and oxygen atoms in total. The van der Waals surface area contributed by atoms with E-state index in [0.29, 0.717) is 0 Å². The molecule has 1 fully saturated rings. The summed E-state index contributed by atoms with van der Waals surface area (Å²) < 4.78 is 0. The average Bonchev–Trinajstić information content (AvgIpc) is 2.31. The topological polar surface area (TPSA) is 94.0 Å². The Kier molecular flexibility index (Phi) is 4.94. The molecule has 6 heteroatoms. The molecule has 4 N–H and O–H groups in total. The first-order chi connectivity index (χ1) is 9.03. The maximum Gasteiger partial charge on any atom is 0.250 e. The van der Waals surface area contributed by atoms with Gasteiger partial charge in [-0.2, -0.15) is 5.10 Å². The highest BCUT2D eigenvalue weighted by Gasteiger charge is 2.36. The van der Waals surface area contributed by atoms with Crippen LogP contribution in [0.2, 0.25) is 0 Å². The Hall–Kier alpha value is -0.980. The first-order valence-electron chi connectivity index (χ1n) is 6.91. The number of hydrogen-bond acceptors (Lipinski definition) is 5. The molecule has 116 valence electrons. The summed E-state index contributed by atoms with van der Waals surface area (Å²) in [4.78, 5) is 11.9. The Labute approximate surface area is 120 Å². The van der Waals surface area contributed by atoms with E-state index in [4.69, 9.17) is 0 Å². The lowest BCUT2D eigenvalue weighted by Crippen LogP contribution is -2.58. The van der Waals surface area contributed by atoms with Gasteiger partial charge < -0.3 is 15.5 Å². The number of hydrogen-bond donors (Lipinski definition) is 4. The minimum absolute atomic E-state index is 0.0808. The molecule has 0 aliphatic carbocycles. The van der Waals surface area contributed by atoms with E-state index in [-0.39, 0.29) is 11.1 Å². The van der Waals surface area contributed by atoms with Crippen molar-refractivity contribution in [3.05, 3.63) is 0 Å². The number of piperidine rings is 1. The lowest BCUT2D eigenvalue weighted by atomic mass is 9.81. The monoisotopic (exact) mass is 285 g/mol. The Morgan fingerprint density at radius 2 is 1.70 bits per heavy atom. The number of aliphatic hydroxyl groups excluding tert-OH is 2. The Morgan fingerprint density at radius 1 is 1.25 bits per heavy atom. The molecule has 20 heavy (non-hydrogen) atoms. The molecule has 0 unspecified atom stereocenters. The van der Waals surface area contributed by atoms with Crippen molar-refractivity contribution in [2.75, 3.05) is 13.2 Å². The highest BCUT2D eigenvalue weighted by molar-refractivity contribution is 5.90. The number of aliphatic hydroxyl groups is 2. The van der Waals surface area contributed by atoms with Gasteiger partial charge in [0, 0.05) is 29.6 Å². The van der Waals surface area contributed by atoms with Crippen molar-refractivity contribution in [2.24, 2.45) is 10.5 Å². The van der Waals surface area contributed by atoms with E-state index in [2.05, 4.69) is 43.5 Å². The van der Waals surface area contributed by atoms with Crippen LogP contribution < -0.4 is 10.7 Å². The van der Waals surface area contributed by atoms with E-state index in [1.807, 2.05) is 0 Å². The van der Waals surface area contributed by atoms with Crippen molar-refractivity contribution >= 4 is 11.6 Å². The number of amides is 1. The second kappa shape index (κ2) is 5.79. The maximum absolute atomic E-state index is 11.9. The second-order valence-corrected chi connectivity index (χ2v) is 7.24. The molecule has 1 amide bonds. The van der Waals surface area contributed by atoms with Gasteiger partial charge in [0.2, 0.25) is 0 Å². The van der Waals surface area contributed by atoms with Crippen LogP contribution in [0.1, 0.15) is 47.5 Å². The number of nitrogens with one attached hydrogen (secondary N) is 2. The van der Waals surface area contributed by atoms with Gasteiger partial charge in [-0.3, -0.25) is 4.79 Å². The SMILES string of the molecule is CC1(C)CC(=NNC(=O)C(C)(CO)CO)CC(C)(C)N1. The fourth-order valence-corrected chi connectivity index (χ4v) is 2.62. The van der Waals surface area contributed by atoms with Crippen molar-refractivity contribution in [3.63, 3.8) is 0 Å². The summed E-state index contributed by atoms with van der Waals surface area (Å²) in [5.74, 6) is -0.468. The van der Waals surface area contributed by atoms with Crippen LogP contribution >= 0.6 is 0 Å². The van der Waals surface area contributed by atoms with Gasteiger partial charge in [0.05, 0.1) is 18.6 Å². The molecular formula is C14H27N3O3.